The van der Waals surface area contributed by atoms with Gasteiger partial charge in [0.25, 0.3) is 0 Å². The van der Waals surface area contributed by atoms with Crippen molar-refractivity contribution in [1.82, 2.24) is 0 Å². The second-order valence-corrected chi connectivity index (χ2v) is 11.2. The molecular formula is C41H38N2. The molecule has 0 heterocycles. The van der Waals surface area contributed by atoms with Crippen LogP contribution in [0.2, 0.25) is 0 Å². The molecule has 0 fully saturated rings. The van der Waals surface area contributed by atoms with E-state index < -0.39 is 0 Å². The Balaban J connectivity index is 1.06. The van der Waals surface area contributed by atoms with Gasteiger partial charge in [-0.15, -0.1) is 0 Å². The number of benzene rings is 5. The molecule has 0 saturated heterocycles. The van der Waals surface area contributed by atoms with Gasteiger partial charge < -0.3 is 10.6 Å². The summed E-state index contributed by atoms with van der Waals surface area (Å²) in [5.74, 6) is 0.484. The van der Waals surface area contributed by atoms with Gasteiger partial charge in [0.15, 0.2) is 0 Å². The third-order valence-electron chi connectivity index (χ3n) is 8.15. The lowest BCUT2D eigenvalue weighted by Crippen LogP contribution is -2.14. The minimum absolute atomic E-state index is 0.304. The molecule has 6 rings (SSSR count). The predicted molar refractivity (Wildman–Crippen MR) is 187 cm³/mol. The first-order chi connectivity index (χ1) is 21.2. The van der Waals surface area contributed by atoms with E-state index in [1.54, 1.807) is 0 Å². The minimum atomic E-state index is 0.304. The first-order valence-corrected chi connectivity index (χ1v) is 15.1. The van der Waals surface area contributed by atoms with Crippen molar-refractivity contribution < 1.29 is 0 Å². The fourth-order valence-electron chi connectivity index (χ4n) is 5.71. The summed E-state index contributed by atoms with van der Waals surface area (Å²) in [6, 6.07) is 41.4. The van der Waals surface area contributed by atoms with Crippen LogP contribution in [0.15, 0.2) is 158 Å². The molecule has 0 bridgehead atoms. The average Bonchev–Trinajstić information content (AvgIpc) is 3.07. The van der Waals surface area contributed by atoms with E-state index in [0.29, 0.717) is 12.0 Å². The van der Waals surface area contributed by atoms with Gasteiger partial charge >= 0.3 is 0 Å². The molecule has 0 aromatic heterocycles. The van der Waals surface area contributed by atoms with Crippen molar-refractivity contribution in [2.75, 3.05) is 10.6 Å². The summed E-state index contributed by atoms with van der Waals surface area (Å²) < 4.78 is 0. The van der Waals surface area contributed by atoms with Crippen LogP contribution in [0.25, 0.3) is 27.5 Å². The lowest BCUT2D eigenvalue weighted by Gasteiger charge is -2.17. The molecule has 5 aromatic carbocycles. The summed E-state index contributed by atoms with van der Waals surface area (Å²) >= 11 is 0. The largest absolute Gasteiger partial charge is 0.382 e. The van der Waals surface area contributed by atoms with E-state index in [2.05, 4.69) is 170 Å². The monoisotopic (exact) mass is 558 g/mol. The predicted octanol–water partition coefficient (Wildman–Crippen LogP) is 11.3. The zero-order chi connectivity index (χ0) is 29.4. The van der Waals surface area contributed by atoms with Crippen LogP contribution >= 0.6 is 0 Å². The van der Waals surface area contributed by atoms with Crippen LogP contribution in [0.3, 0.4) is 0 Å². The Hall–Kier alpha value is -5.08. The van der Waals surface area contributed by atoms with E-state index in [4.69, 9.17) is 0 Å². The fourth-order valence-corrected chi connectivity index (χ4v) is 5.71. The van der Waals surface area contributed by atoms with Crippen LogP contribution in [-0.2, 0) is 0 Å². The first-order valence-electron chi connectivity index (χ1n) is 15.1. The standard InChI is InChI=1S/C41H38N2/c1-3-31(17-16-30(2)42-38-26-22-35(23-27-38)32-10-5-4-6-11-32)33-18-20-34(21-19-33)36-24-28-39(29-25-36)43-41-15-9-13-37-12-7-8-14-40(37)41/h3-10,12-15,17-30,32,42-43H,1,11,16H2,2H3/b31-17+/t30-,32+/m0/s1. The third kappa shape index (κ3) is 6.88. The molecule has 2 heteroatoms. The molecular weight excluding hydrogens is 520 g/mol. The van der Waals surface area contributed by atoms with Crippen LogP contribution in [0.5, 0.6) is 0 Å². The highest BCUT2D eigenvalue weighted by molar-refractivity contribution is 5.95. The van der Waals surface area contributed by atoms with Crippen LogP contribution in [0.4, 0.5) is 17.1 Å². The summed E-state index contributed by atoms with van der Waals surface area (Å²) in [4.78, 5) is 0. The van der Waals surface area contributed by atoms with E-state index in [1.165, 1.54) is 33.0 Å². The number of rotatable bonds is 10. The molecule has 0 saturated carbocycles. The molecule has 2 atom stereocenters. The van der Waals surface area contributed by atoms with E-state index in [-0.39, 0.29) is 0 Å². The smallest absolute Gasteiger partial charge is 0.0463 e. The number of hydrogen-bond donors (Lipinski definition) is 2. The molecule has 43 heavy (non-hydrogen) atoms. The number of anilines is 3. The van der Waals surface area contributed by atoms with Gasteiger partial charge in [0.05, 0.1) is 0 Å². The van der Waals surface area contributed by atoms with Gasteiger partial charge in [0.2, 0.25) is 0 Å². The second kappa shape index (κ2) is 13.3. The van der Waals surface area contributed by atoms with E-state index >= 15 is 0 Å². The number of nitrogens with one attached hydrogen (secondary N) is 2. The molecule has 0 unspecified atom stereocenters. The zero-order valence-corrected chi connectivity index (χ0v) is 24.7. The normalized spacial score (nSPS) is 15.3. The Kier molecular flexibility index (Phi) is 8.66. The molecule has 0 amide bonds. The van der Waals surface area contributed by atoms with Crippen molar-refractivity contribution in [3.8, 4) is 11.1 Å². The van der Waals surface area contributed by atoms with Gasteiger partial charge in [0.1, 0.15) is 0 Å². The van der Waals surface area contributed by atoms with Crippen molar-refractivity contribution in [3.05, 3.63) is 169 Å². The number of allylic oxidation sites excluding steroid dienone is 6. The summed E-state index contributed by atoms with van der Waals surface area (Å²) in [5.41, 5.74) is 9.44. The highest BCUT2D eigenvalue weighted by Crippen LogP contribution is 2.29. The Bertz CT molecular complexity index is 1770. The topological polar surface area (TPSA) is 24.1 Å². The number of hydrogen-bond acceptors (Lipinski definition) is 2. The van der Waals surface area contributed by atoms with Crippen molar-refractivity contribution in [3.63, 3.8) is 0 Å². The maximum Gasteiger partial charge on any atom is 0.0463 e. The second-order valence-electron chi connectivity index (χ2n) is 11.2. The van der Waals surface area contributed by atoms with Crippen LogP contribution in [0.1, 0.15) is 36.8 Å². The fraction of sp³-hybridized carbons (Fsp3) is 0.122. The average molecular weight is 559 g/mol. The van der Waals surface area contributed by atoms with Gasteiger partial charge in [-0.25, -0.2) is 0 Å². The Morgan fingerprint density at radius 3 is 2.21 bits per heavy atom. The van der Waals surface area contributed by atoms with Crippen molar-refractivity contribution in [2.45, 2.75) is 31.7 Å². The Labute approximate surface area is 255 Å². The maximum atomic E-state index is 4.09. The molecule has 1 aliphatic carbocycles. The zero-order valence-electron chi connectivity index (χ0n) is 24.7. The molecule has 0 spiro atoms. The highest BCUT2D eigenvalue weighted by Gasteiger charge is 2.09. The van der Waals surface area contributed by atoms with Crippen molar-refractivity contribution in [2.24, 2.45) is 0 Å². The first kappa shape index (κ1) is 28.1. The quantitative estimate of drug-likeness (QED) is 0.167. The molecule has 212 valence electrons. The Morgan fingerprint density at radius 2 is 1.49 bits per heavy atom. The van der Waals surface area contributed by atoms with Gasteiger partial charge in [-0.1, -0.05) is 128 Å². The van der Waals surface area contributed by atoms with Crippen LogP contribution in [0, 0.1) is 0 Å². The van der Waals surface area contributed by atoms with Gasteiger partial charge in [-0.3, -0.25) is 0 Å². The van der Waals surface area contributed by atoms with Crippen molar-refractivity contribution >= 4 is 33.4 Å². The summed E-state index contributed by atoms with van der Waals surface area (Å²) in [5, 5.41) is 9.69. The molecule has 2 nitrogen and oxygen atoms in total. The molecule has 0 radical (unpaired) electrons. The van der Waals surface area contributed by atoms with Gasteiger partial charge in [-0.05, 0) is 83.3 Å². The van der Waals surface area contributed by atoms with Gasteiger partial charge in [-0.2, -0.15) is 0 Å². The van der Waals surface area contributed by atoms with Crippen LogP contribution in [-0.4, -0.2) is 6.04 Å². The summed E-state index contributed by atoms with van der Waals surface area (Å²) in [6.45, 7) is 6.31. The SMILES string of the molecule is C=C/C(=C\C[C@H](C)Nc1ccc([C@@H]2C=CC=CC2)cc1)c1ccc(-c2ccc(Nc3cccc4ccccc34)cc2)cc1. The molecule has 5 aromatic rings. The highest BCUT2D eigenvalue weighted by atomic mass is 14.9. The van der Waals surface area contributed by atoms with E-state index in [9.17, 15) is 0 Å². The van der Waals surface area contributed by atoms with Gasteiger partial charge in [0, 0.05) is 34.4 Å². The van der Waals surface area contributed by atoms with Crippen LogP contribution < -0.4 is 10.6 Å². The molecule has 0 aliphatic heterocycles. The minimum Gasteiger partial charge on any atom is -0.382 e. The number of fused-ring (bicyclic) bond motifs is 1. The van der Waals surface area contributed by atoms with E-state index in [0.717, 1.165) is 35.5 Å². The maximum absolute atomic E-state index is 4.09. The molecule has 1 aliphatic rings. The lowest BCUT2D eigenvalue weighted by atomic mass is 9.92. The summed E-state index contributed by atoms with van der Waals surface area (Å²) in [7, 11) is 0. The summed E-state index contributed by atoms with van der Waals surface area (Å²) in [6.07, 6.45) is 15.0. The Morgan fingerprint density at radius 1 is 0.791 bits per heavy atom. The van der Waals surface area contributed by atoms with Crippen molar-refractivity contribution in [1.29, 1.82) is 0 Å². The third-order valence-corrected chi connectivity index (χ3v) is 8.15. The molecule has 2 N–H and O–H groups in total. The lowest BCUT2D eigenvalue weighted by molar-refractivity contribution is 0.812. The van der Waals surface area contributed by atoms with E-state index in [1.807, 2.05) is 6.08 Å².